The highest BCUT2D eigenvalue weighted by Crippen LogP contribution is 2.25. The number of carbonyl (C=O) groups excluding carboxylic acids is 1. The van der Waals surface area contributed by atoms with Gasteiger partial charge in [0, 0.05) is 6.42 Å². The molecule has 1 aromatic carbocycles. The summed E-state index contributed by atoms with van der Waals surface area (Å²) >= 11 is 0. The van der Waals surface area contributed by atoms with Gasteiger partial charge in [-0.15, -0.1) is 0 Å². The second kappa shape index (κ2) is 5.58. The van der Waals surface area contributed by atoms with Crippen molar-refractivity contribution in [2.45, 2.75) is 32.1 Å². The molecule has 0 bridgehead atoms. The Hall–Kier alpha value is -1.45. The standard InChI is InChI=1S/C12H15F2NO/c1-2-3-8(7-12(15)16)9-4-5-10(13)11(14)6-9/h4-6,8H,2-3,7H2,1H3,(H2,15,16). The first-order valence-corrected chi connectivity index (χ1v) is 5.27. The number of rotatable bonds is 5. The summed E-state index contributed by atoms with van der Waals surface area (Å²) in [4.78, 5) is 10.9. The van der Waals surface area contributed by atoms with E-state index >= 15 is 0 Å². The molecule has 0 aliphatic heterocycles. The van der Waals surface area contributed by atoms with Crippen LogP contribution in [0.15, 0.2) is 18.2 Å². The van der Waals surface area contributed by atoms with Gasteiger partial charge in [-0.05, 0) is 30.0 Å². The minimum Gasteiger partial charge on any atom is -0.370 e. The lowest BCUT2D eigenvalue weighted by molar-refractivity contribution is -0.118. The first-order chi connectivity index (χ1) is 7.54. The van der Waals surface area contributed by atoms with E-state index in [0.29, 0.717) is 5.56 Å². The minimum absolute atomic E-state index is 0.127. The summed E-state index contributed by atoms with van der Waals surface area (Å²) in [6.45, 7) is 1.97. The number of halogens is 2. The summed E-state index contributed by atoms with van der Waals surface area (Å²) in [7, 11) is 0. The fourth-order valence-electron chi connectivity index (χ4n) is 1.74. The van der Waals surface area contributed by atoms with Gasteiger partial charge in [0.15, 0.2) is 11.6 Å². The molecule has 1 amide bonds. The number of hydrogen-bond acceptors (Lipinski definition) is 1. The number of nitrogens with two attached hydrogens (primary N) is 1. The molecule has 0 radical (unpaired) electrons. The summed E-state index contributed by atoms with van der Waals surface area (Å²) < 4.78 is 25.8. The molecule has 0 aromatic heterocycles. The van der Waals surface area contributed by atoms with Crippen LogP contribution in [-0.4, -0.2) is 5.91 Å². The maximum absolute atomic E-state index is 13.0. The van der Waals surface area contributed by atoms with Crippen LogP contribution in [0.25, 0.3) is 0 Å². The van der Waals surface area contributed by atoms with Crippen LogP contribution < -0.4 is 5.73 Å². The van der Waals surface area contributed by atoms with Crippen molar-refractivity contribution < 1.29 is 13.6 Å². The van der Waals surface area contributed by atoms with Crippen LogP contribution in [0, 0.1) is 11.6 Å². The first kappa shape index (κ1) is 12.6. The molecule has 0 heterocycles. The van der Waals surface area contributed by atoms with Gasteiger partial charge in [0.05, 0.1) is 0 Å². The molecule has 1 unspecified atom stereocenters. The summed E-state index contributed by atoms with van der Waals surface area (Å²) in [6, 6.07) is 3.72. The highest BCUT2D eigenvalue weighted by atomic mass is 19.2. The van der Waals surface area contributed by atoms with Crippen LogP contribution in [0.2, 0.25) is 0 Å². The second-order valence-electron chi connectivity index (χ2n) is 3.83. The van der Waals surface area contributed by atoms with E-state index in [9.17, 15) is 13.6 Å². The number of carbonyl (C=O) groups is 1. The molecule has 88 valence electrons. The molecule has 4 heteroatoms. The Kier molecular flexibility index (Phi) is 4.40. The normalized spacial score (nSPS) is 12.4. The predicted molar refractivity (Wildman–Crippen MR) is 57.8 cm³/mol. The third kappa shape index (κ3) is 3.29. The van der Waals surface area contributed by atoms with Gasteiger partial charge in [0.25, 0.3) is 0 Å². The number of hydrogen-bond donors (Lipinski definition) is 1. The SMILES string of the molecule is CCCC(CC(N)=O)c1ccc(F)c(F)c1. The van der Waals surface area contributed by atoms with E-state index < -0.39 is 17.5 Å². The quantitative estimate of drug-likeness (QED) is 0.825. The monoisotopic (exact) mass is 227 g/mol. The zero-order valence-corrected chi connectivity index (χ0v) is 9.17. The van der Waals surface area contributed by atoms with Gasteiger partial charge < -0.3 is 5.73 Å². The Balaban J connectivity index is 2.91. The molecule has 1 atom stereocenters. The number of benzene rings is 1. The van der Waals surface area contributed by atoms with E-state index in [2.05, 4.69) is 0 Å². The van der Waals surface area contributed by atoms with Crippen molar-refractivity contribution in [3.63, 3.8) is 0 Å². The number of primary amides is 1. The topological polar surface area (TPSA) is 43.1 Å². The molecule has 0 saturated carbocycles. The van der Waals surface area contributed by atoms with Crippen molar-refractivity contribution in [3.05, 3.63) is 35.4 Å². The van der Waals surface area contributed by atoms with E-state index in [0.717, 1.165) is 25.0 Å². The average Bonchev–Trinajstić information content (AvgIpc) is 2.21. The molecule has 0 aliphatic rings. The average molecular weight is 227 g/mol. The lowest BCUT2D eigenvalue weighted by Crippen LogP contribution is -2.15. The van der Waals surface area contributed by atoms with E-state index in [-0.39, 0.29) is 12.3 Å². The molecule has 2 N–H and O–H groups in total. The zero-order valence-electron chi connectivity index (χ0n) is 9.17. The Morgan fingerprint density at radius 3 is 2.56 bits per heavy atom. The van der Waals surface area contributed by atoms with E-state index in [4.69, 9.17) is 5.73 Å². The van der Waals surface area contributed by atoms with Crippen LogP contribution in [0.4, 0.5) is 8.78 Å². The summed E-state index contributed by atoms with van der Waals surface area (Å²) in [5.74, 6) is -2.32. The van der Waals surface area contributed by atoms with Crippen LogP contribution >= 0.6 is 0 Å². The zero-order chi connectivity index (χ0) is 12.1. The fraction of sp³-hybridized carbons (Fsp3) is 0.417. The molecular formula is C12H15F2NO. The lowest BCUT2D eigenvalue weighted by atomic mass is 9.91. The van der Waals surface area contributed by atoms with Gasteiger partial charge in [-0.2, -0.15) is 0 Å². The molecule has 0 aliphatic carbocycles. The van der Waals surface area contributed by atoms with Crippen molar-refractivity contribution in [1.29, 1.82) is 0 Å². The minimum atomic E-state index is -0.886. The molecule has 0 spiro atoms. The Labute approximate surface area is 93.5 Å². The summed E-state index contributed by atoms with van der Waals surface area (Å²) in [6.07, 6.45) is 1.75. The van der Waals surface area contributed by atoms with Gasteiger partial charge in [-0.3, -0.25) is 4.79 Å². The van der Waals surface area contributed by atoms with Crippen LogP contribution in [0.3, 0.4) is 0 Å². The van der Waals surface area contributed by atoms with Crippen LogP contribution in [0.5, 0.6) is 0 Å². The Bertz CT molecular complexity index is 379. The van der Waals surface area contributed by atoms with E-state index in [1.54, 1.807) is 0 Å². The van der Waals surface area contributed by atoms with E-state index in [1.165, 1.54) is 6.07 Å². The number of amides is 1. The predicted octanol–water partition coefficient (Wildman–Crippen LogP) is 2.72. The maximum atomic E-state index is 13.0. The first-order valence-electron chi connectivity index (χ1n) is 5.27. The van der Waals surface area contributed by atoms with Crippen molar-refractivity contribution in [1.82, 2.24) is 0 Å². The summed E-state index contributed by atoms with van der Waals surface area (Å²) in [5.41, 5.74) is 5.75. The van der Waals surface area contributed by atoms with Crippen LogP contribution in [-0.2, 0) is 4.79 Å². The fourth-order valence-corrected chi connectivity index (χ4v) is 1.74. The Morgan fingerprint density at radius 1 is 1.38 bits per heavy atom. The van der Waals surface area contributed by atoms with Crippen molar-refractivity contribution in [2.24, 2.45) is 5.73 Å². The van der Waals surface area contributed by atoms with Gasteiger partial charge in [-0.25, -0.2) is 8.78 Å². The highest BCUT2D eigenvalue weighted by molar-refractivity contribution is 5.74. The molecule has 0 fully saturated rings. The Morgan fingerprint density at radius 2 is 2.06 bits per heavy atom. The highest BCUT2D eigenvalue weighted by Gasteiger charge is 2.15. The van der Waals surface area contributed by atoms with Crippen molar-refractivity contribution in [3.8, 4) is 0 Å². The molecule has 1 rings (SSSR count). The van der Waals surface area contributed by atoms with Gasteiger partial charge in [-0.1, -0.05) is 19.4 Å². The van der Waals surface area contributed by atoms with Crippen LogP contribution in [0.1, 0.15) is 37.7 Å². The molecule has 16 heavy (non-hydrogen) atoms. The lowest BCUT2D eigenvalue weighted by Gasteiger charge is -2.14. The third-order valence-electron chi connectivity index (χ3n) is 2.50. The summed E-state index contributed by atoms with van der Waals surface area (Å²) in [5, 5.41) is 0. The maximum Gasteiger partial charge on any atom is 0.218 e. The van der Waals surface area contributed by atoms with Crippen molar-refractivity contribution in [2.75, 3.05) is 0 Å². The van der Waals surface area contributed by atoms with E-state index in [1.807, 2.05) is 6.92 Å². The van der Waals surface area contributed by atoms with Gasteiger partial charge in [0.2, 0.25) is 5.91 Å². The molecule has 2 nitrogen and oxygen atoms in total. The van der Waals surface area contributed by atoms with Gasteiger partial charge >= 0.3 is 0 Å². The largest absolute Gasteiger partial charge is 0.370 e. The molecule has 0 saturated heterocycles. The smallest absolute Gasteiger partial charge is 0.218 e. The van der Waals surface area contributed by atoms with Gasteiger partial charge in [0.1, 0.15) is 0 Å². The third-order valence-corrected chi connectivity index (χ3v) is 2.50. The van der Waals surface area contributed by atoms with Crippen molar-refractivity contribution >= 4 is 5.91 Å². The molecular weight excluding hydrogens is 212 g/mol. The molecule has 1 aromatic rings. The second-order valence-corrected chi connectivity index (χ2v) is 3.83.